The predicted molar refractivity (Wildman–Crippen MR) is 80.2 cm³/mol. The third-order valence-corrected chi connectivity index (χ3v) is 4.84. The fraction of sp³-hybridized carbons (Fsp3) is 0.647. The van der Waals surface area contributed by atoms with Gasteiger partial charge in [0.15, 0.2) is 0 Å². The van der Waals surface area contributed by atoms with Crippen molar-refractivity contribution in [3.05, 3.63) is 35.9 Å². The van der Waals surface area contributed by atoms with Gasteiger partial charge >= 0.3 is 0 Å². The SMILES string of the molecule is c1ccc(C2CNCCN2CCC2CCCC2)cc1. The Labute approximate surface area is 117 Å². The molecule has 0 amide bonds. The third kappa shape index (κ3) is 3.37. The number of piperazine rings is 1. The number of hydrogen-bond acceptors (Lipinski definition) is 2. The monoisotopic (exact) mass is 258 g/mol. The van der Waals surface area contributed by atoms with Crippen LogP contribution in [0.4, 0.5) is 0 Å². The van der Waals surface area contributed by atoms with Crippen LogP contribution in [-0.4, -0.2) is 31.1 Å². The normalized spacial score (nSPS) is 25.8. The molecule has 1 saturated carbocycles. The minimum Gasteiger partial charge on any atom is -0.314 e. The molecule has 0 spiro atoms. The van der Waals surface area contributed by atoms with E-state index < -0.39 is 0 Å². The summed E-state index contributed by atoms with van der Waals surface area (Å²) in [6.07, 6.45) is 7.29. The predicted octanol–water partition coefficient (Wildman–Crippen LogP) is 3.21. The molecule has 1 aromatic rings. The standard InChI is InChI=1S/C17H26N2/c1-2-8-16(9-3-1)17-14-18-11-13-19(17)12-10-15-6-4-5-7-15/h1-3,8-9,15,17-18H,4-7,10-14H2. The van der Waals surface area contributed by atoms with E-state index in [2.05, 4.69) is 40.5 Å². The van der Waals surface area contributed by atoms with Crippen molar-refractivity contribution in [2.24, 2.45) is 5.92 Å². The molecule has 1 heterocycles. The Morgan fingerprint density at radius 3 is 2.68 bits per heavy atom. The molecule has 1 saturated heterocycles. The minimum absolute atomic E-state index is 0.580. The Morgan fingerprint density at radius 2 is 1.89 bits per heavy atom. The van der Waals surface area contributed by atoms with E-state index in [-0.39, 0.29) is 0 Å². The van der Waals surface area contributed by atoms with Gasteiger partial charge in [-0.15, -0.1) is 0 Å². The van der Waals surface area contributed by atoms with Gasteiger partial charge in [0.2, 0.25) is 0 Å². The van der Waals surface area contributed by atoms with Crippen molar-refractivity contribution in [3.8, 4) is 0 Å². The molecule has 1 unspecified atom stereocenters. The molecule has 19 heavy (non-hydrogen) atoms. The second-order valence-corrected chi connectivity index (χ2v) is 6.11. The zero-order valence-electron chi connectivity index (χ0n) is 11.9. The van der Waals surface area contributed by atoms with E-state index in [0.717, 1.165) is 19.0 Å². The van der Waals surface area contributed by atoms with Gasteiger partial charge in [-0.05, 0) is 24.4 Å². The Bertz CT molecular complexity index is 370. The average molecular weight is 258 g/mol. The number of nitrogens with one attached hydrogen (secondary N) is 1. The summed E-state index contributed by atoms with van der Waals surface area (Å²) in [6, 6.07) is 11.6. The molecule has 2 fully saturated rings. The van der Waals surface area contributed by atoms with E-state index in [1.165, 1.54) is 50.8 Å². The highest BCUT2D eigenvalue weighted by atomic mass is 15.2. The van der Waals surface area contributed by atoms with Crippen molar-refractivity contribution < 1.29 is 0 Å². The summed E-state index contributed by atoms with van der Waals surface area (Å²) in [4.78, 5) is 2.70. The van der Waals surface area contributed by atoms with Gasteiger partial charge in [-0.25, -0.2) is 0 Å². The Balaban J connectivity index is 1.60. The van der Waals surface area contributed by atoms with Crippen molar-refractivity contribution in [2.45, 2.75) is 38.1 Å². The third-order valence-electron chi connectivity index (χ3n) is 4.84. The van der Waals surface area contributed by atoms with Gasteiger partial charge in [0.1, 0.15) is 0 Å². The first-order valence-electron chi connectivity index (χ1n) is 7.93. The maximum atomic E-state index is 3.55. The maximum Gasteiger partial charge on any atom is 0.0473 e. The van der Waals surface area contributed by atoms with Crippen molar-refractivity contribution in [1.29, 1.82) is 0 Å². The highest BCUT2D eigenvalue weighted by Crippen LogP contribution is 2.29. The van der Waals surface area contributed by atoms with Crippen LogP contribution in [0.15, 0.2) is 30.3 Å². The summed E-state index contributed by atoms with van der Waals surface area (Å²) < 4.78 is 0. The molecule has 3 rings (SSSR count). The van der Waals surface area contributed by atoms with Gasteiger partial charge in [-0.1, -0.05) is 56.0 Å². The lowest BCUT2D eigenvalue weighted by molar-refractivity contribution is 0.151. The lowest BCUT2D eigenvalue weighted by atomic mass is 10.00. The van der Waals surface area contributed by atoms with Crippen LogP contribution >= 0.6 is 0 Å². The molecule has 1 N–H and O–H groups in total. The van der Waals surface area contributed by atoms with Gasteiger partial charge in [0.05, 0.1) is 0 Å². The van der Waals surface area contributed by atoms with Crippen LogP contribution in [0.2, 0.25) is 0 Å². The van der Waals surface area contributed by atoms with E-state index in [9.17, 15) is 0 Å². The summed E-state index contributed by atoms with van der Waals surface area (Å²) in [7, 11) is 0. The molecule has 0 aromatic heterocycles. The van der Waals surface area contributed by atoms with E-state index in [4.69, 9.17) is 0 Å². The van der Waals surface area contributed by atoms with Crippen LogP contribution in [0.25, 0.3) is 0 Å². The molecule has 2 nitrogen and oxygen atoms in total. The van der Waals surface area contributed by atoms with Gasteiger partial charge in [0, 0.05) is 25.7 Å². The topological polar surface area (TPSA) is 15.3 Å². The summed E-state index contributed by atoms with van der Waals surface area (Å²) in [5, 5.41) is 3.55. The second kappa shape index (κ2) is 6.53. The van der Waals surface area contributed by atoms with Gasteiger partial charge in [-0.2, -0.15) is 0 Å². The molecule has 2 aliphatic rings. The fourth-order valence-electron chi connectivity index (χ4n) is 3.67. The van der Waals surface area contributed by atoms with Crippen molar-refractivity contribution in [3.63, 3.8) is 0 Å². The van der Waals surface area contributed by atoms with Crippen molar-refractivity contribution in [2.75, 3.05) is 26.2 Å². The molecule has 1 aliphatic heterocycles. The van der Waals surface area contributed by atoms with Crippen LogP contribution in [-0.2, 0) is 0 Å². The Kier molecular flexibility index (Phi) is 4.52. The average Bonchev–Trinajstić information content (AvgIpc) is 3.00. The molecule has 2 heteroatoms. The molecule has 1 aliphatic carbocycles. The molecule has 104 valence electrons. The minimum atomic E-state index is 0.580. The van der Waals surface area contributed by atoms with Crippen molar-refractivity contribution >= 4 is 0 Å². The smallest absolute Gasteiger partial charge is 0.0473 e. The van der Waals surface area contributed by atoms with Gasteiger partial charge < -0.3 is 5.32 Å². The molecule has 1 aromatic carbocycles. The van der Waals surface area contributed by atoms with Crippen LogP contribution in [0.5, 0.6) is 0 Å². The number of benzene rings is 1. The molecule has 1 atom stereocenters. The largest absolute Gasteiger partial charge is 0.314 e. The van der Waals surface area contributed by atoms with Crippen LogP contribution in [0.1, 0.15) is 43.7 Å². The fourth-order valence-corrected chi connectivity index (χ4v) is 3.67. The van der Waals surface area contributed by atoms with E-state index in [0.29, 0.717) is 6.04 Å². The summed E-state index contributed by atoms with van der Waals surface area (Å²) in [6.45, 7) is 4.74. The van der Waals surface area contributed by atoms with E-state index in [1.54, 1.807) is 0 Å². The lowest BCUT2D eigenvalue weighted by Crippen LogP contribution is -2.46. The van der Waals surface area contributed by atoms with Crippen LogP contribution in [0, 0.1) is 5.92 Å². The first-order chi connectivity index (χ1) is 9.43. The molecular weight excluding hydrogens is 232 g/mol. The molecular formula is C17H26N2. The highest BCUT2D eigenvalue weighted by Gasteiger charge is 2.24. The summed E-state index contributed by atoms with van der Waals surface area (Å²) in [5.41, 5.74) is 1.47. The number of rotatable bonds is 4. The first-order valence-corrected chi connectivity index (χ1v) is 7.93. The van der Waals surface area contributed by atoms with E-state index >= 15 is 0 Å². The number of nitrogens with zero attached hydrogens (tertiary/aromatic N) is 1. The van der Waals surface area contributed by atoms with Gasteiger partial charge in [-0.3, -0.25) is 4.90 Å². The van der Waals surface area contributed by atoms with Crippen molar-refractivity contribution in [1.82, 2.24) is 10.2 Å². The first kappa shape index (κ1) is 13.1. The van der Waals surface area contributed by atoms with Crippen LogP contribution in [0.3, 0.4) is 0 Å². The molecule has 0 radical (unpaired) electrons. The lowest BCUT2D eigenvalue weighted by Gasteiger charge is -2.37. The zero-order chi connectivity index (χ0) is 12.9. The van der Waals surface area contributed by atoms with Gasteiger partial charge in [0.25, 0.3) is 0 Å². The zero-order valence-corrected chi connectivity index (χ0v) is 11.9. The highest BCUT2D eigenvalue weighted by molar-refractivity contribution is 5.20. The number of hydrogen-bond donors (Lipinski definition) is 1. The van der Waals surface area contributed by atoms with Crippen LogP contribution < -0.4 is 5.32 Å². The van der Waals surface area contributed by atoms with E-state index in [1.807, 2.05) is 0 Å². The molecule has 0 bridgehead atoms. The Morgan fingerprint density at radius 1 is 1.11 bits per heavy atom. The summed E-state index contributed by atoms with van der Waals surface area (Å²) >= 11 is 0. The quantitative estimate of drug-likeness (QED) is 0.892. The Hall–Kier alpha value is -0.860. The summed E-state index contributed by atoms with van der Waals surface area (Å²) in [5.74, 6) is 1.01. The second-order valence-electron chi connectivity index (χ2n) is 6.11. The maximum absolute atomic E-state index is 3.55.